The second-order valence-corrected chi connectivity index (χ2v) is 5.61. The molecule has 0 saturated heterocycles. The molecule has 2 aromatic carbocycles. The first kappa shape index (κ1) is 16.7. The lowest BCUT2D eigenvalue weighted by molar-refractivity contribution is -0.128. The van der Waals surface area contributed by atoms with E-state index in [0.29, 0.717) is 28.8 Å². The summed E-state index contributed by atoms with van der Waals surface area (Å²) in [6.07, 6.45) is 0.0624. The van der Waals surface area contributed by atoms with Crippen molar-refractivity contribution in [1.82, 2.24) is 5.32 Å². The molecule has 116 valence electrons. The van der Waals surface area contributed by atoms with Gasteiger partial charge in [0.15, 0.2) is 6.10 Å². The Morgan fingerprint density at radius 2 is 1.86 bits per heavy atom. The summed E-state index contributed by atoms with van der Waals surface area (Å²) in [6, 6.07) is 14.6. The van der Waals surface area contributed by atoms with Gasteiger partial charge in [-0.3, -0.25) is 4.79 Å². The van der Waals surface area contributed by atoms with E-state index in [9.17, 15) is 4.79 Å². The van der Waals surface area contributed by atoms with Crippen molar-refractivity contribution in [3.8, 4) is 5.75 Å². The second-order valence-electron chi connectivity index (χ2n) is 4.79. The lowest BCUT2D eigenvalue weighted by atomic mass is 10.2. The van der Waals surface area contributed by atoms with Crippen molar-refractivity contribution in [2.24, 2.45) is 0 Å². The third-order valence-electron chi connectivity index (χ3n) is 3.14. The first-order valence-corrected chi connectivity index (χ1v) is 7.79. The highest BCUT2D eigenvalue weighted by Crippen LogP contribution is 2.22. The summed E-state index contributed by atoms with van der Waals surface area (Å²) in [5.74, 6) is 0.525. The molecule has 0 heterocycles. The summed E-state index contributed by atoms with van der Waals surface area (Å²) in [5.41, 5.74) is 0.886. The van der Waals surface area contributed by atoms with Crippen molar-refractivity contribution in [3.63, 3.8) is 0 Å². The van der Waals surface area contributed by atoms with Gasteiger partial charge in [0.05, 0.1) is 10.0 Å². The molecule has 0 radical (unpaired) electrons. The number of ether oxygens (including phenoxy) is 1. The molecule has 2 aromatic rings. The molecule has 22 heavy (non-hydrogen) atoms. The van der Waals surface area contributed by atoms with Crippen LogP contribution < -0.4 is 10.1 Å². The molecule has 0 aliphatic rings. The van der Waals surface area contributed by atoms with Gasteiger partial charge in [-0.1, -0.05) is 54.4 Å². The number of hydrogen-bond donors (Lipinski definition) is 1. The third-order valence-corrected chi connectivity index (χ3v) is 3.87. The van der Waals surface area contributed by atoms with Crippen LogP contribution in [0.4, 0.5) is 0 Å². The number of amides is 1. The van der Waals surface area contributed by atoms with Crippen LogP contribution in [0.15, 0.2) is 48.5 Å². The lowest BCUT2D eigenvalue weighted by Crippen LogP contribution is -2.37. The van der Waals surface area contributed by atoms with Crippen molar-refractivity contribution in [2.75, 3.05) is 0 Å². The Morgan fingerprint density at radius 1 is 1.14 bits per heavy atom. The molecule has 3 nitrogen and oxygen atoms in total. The molecular weight excluding hydrogens is 321 g/mol. The van der Waals surface area contributed by atoms with E-state index in [1.54, 1.807) is 12.1 Å². The van der Waals surface area contributed by atoms with Crippen LogP contribution >= 0.6 is 23.2 Å². The topological polar surface area (TPSA) is 38.3 Å². The van der Waals surface area contributed by atoms with Crippen LogP contribution in [0.25, 0.3) is 0 Å². The molecule has 0 aliphatic heterocycles. The molecule has 5 heteroatoms. The summed E-state index contributed by atoms with van der Waals surface area (Å²) in [7, 11) is 0. The first-order chi connectivity index (χ1) is 10.6. The fourth-order valence-electron chi connectivity index (χ4n) is 1.94. The Bertz CT molecular complexity index is 632. The van der Waals surface area contributed by atoms with Gasteiger partial charge in [0, 0.05) is 6.54 Å². The standard InChI is InChI=1S/C17H17Cl2NO2/c1-2-16(22-13-6-4-3-5-7-13)17(21)20-11-12-8-9-14(18)15(19)10-12/h3-10,16H,2,11H2,1H3,(H,20,21)/t16-/m0/s1. The number of benzene rings is 2. The molecule has 0 aromatic heterocycles. The largest absolute Gasteiger partial charge is 0.481 e. The minimum atomic E-state index is -0.523. The zero-order chi connectivity index (χ0) is 15.9. The van der Waals surface area contributed by atoms with Crippen molar-refractivity contribution in [2.45, 2.75) is 26.0 Å². The molecular formula is C17H17Cl2NO2. The zero-order valence-corrected chi connectivity index (χ0v) is 13.7. The summed E-state index contributed by atoms with van der Waals surface area (Å²) < 4.78 is 5.70. The minimum Gasteiger partial charge on any atom is -0.481 e. The van der Waals surface area contributed by atoms with Crippen molar-refractivity contribution < 1.29 is 9.53 Å². The van der Waals surface area contributed by atoms with Crippen LogP contribution in [0.3, 0.4) is 0 Å². The Labute approximate surface area is 140 Å². The average molecular weight is 338 g/mol. The maximum absolute atomic E-state index is 12.2. The number of nitrogens with one attached hydrogen (secondary N) is 1. The molecule has 0 spiro atoms. The van der Waals surface area contributed by atoms with Gasteiger partial charge in [-0.2, -0.15) is 0 Å². The second kappa shape index (κ2) is 8.06. The number of carbonyl (C=O) groups excluding carboxylic acids is 1. The van der Waals surface area contributed by atoms with Crippen LogP contribution in [0.1, 0.15) is 18.9 Å². The van der Waals surface area contributed by atoms with Gasteiger partial charge in [-0.05, 0) is 36.2 Å². The van der Waals surface area contributed by atoms with Gasteiger partial charge in [0.1, 0.15) is 5.75 Å². The van der Waals surface area contributed by atoms with E-state index in [-0.39, 0.29) is 5.91 Å². The van der Waals surface area contributed by atoms with E-state index in [2.05, 4.69) is 5.32 Å². The van der Waals surface area contributed by atoms with Crippen LogP contribution in [0.5, 0.6) is 5.75 Å². The molecule has 1 N–H and O–H groups in total. The number of hydrogen-bond acceptors (Lipinski definition) is 2. The highest BCUT2D eigenvalue weighted by Gasteiger charge is 2.17. The SMILES string of the molecule is CC[C@H](Oc1ccccc1)C(=O)NCc1ccc(Cl)c(Cl)c1. The van der Waals surface area contributed by atoms with Gasteiger partial charge >= 0.3 is 0 Å². The highest BCUT2D eigenvalue weighted by molar-refractivity contribution is 6.42. The lowest BCUT2D eigenvalue weighted by Gasteiger charge is -2.17. The first-order valence-electron chi connectivity index (χ1n) is 7.03. The number of carbonyl (C=O) groups is 1. The molecule has 2 rings (SSSR count). The third kappa shape index (κ3) is 4.65. The van der Waals surface area contributed by atoms with Crippen molar-refractivity contribution in [3.05, 3.63) is 64.1 Å². The fourth-order valence-corrected chi connectivity index (χ4v) is 2.26. The predicted molar refractivity (Wildman–Crippen MR) is 89.5 cm³/mol. The fraction of sp³-hybridized carbons (Fsp3) is 0.235. The summed E-state index contributed by atoms with van der Waals surface area (Å²) >= 11 is 11.8. The maximum Gasteiger partial charge on any atom is 0.261 e. The number of halogens is 2. The Balaban J connectivity index is 1.93. The van der Waals surface area contributed by atoms with E-state index in [0.717, 1.165) is 5.56 Å². The van der Waals surface area contributed by atoms with E-state index >= 15 is 0 Å². The molecule has 1 atom stereocenters. The van der Waals surface area contributed by atoms with Crippen LogP contribution in [0.2, 0.25) is 10.0 Å². The van der Waals surface area contributed by atoms with E-state index < -0.39 is 6.10 Å². The summed E-state index contributed by atoms with van der Waals surface area (Å²) in [6.45, 7) is 2.29. The highest BCUT2D eigenvalue weighted by atomic mass is 35.5. The molecule has 1 amide bonds. The molecule has 0 fully saturated rings. The van der Waals surface area contributed by atoms with E-state index in [4.69, 9.17) is 27.9 Å². The molecule has 0 unspecified atom stereocenters. The Morgan fingerprint density at radius 3 is 2.50 bits per heavy atom. The van der Waals surface area contributed by atoms with Gasteiger partial charge in [-0.25, -0.2) is 0 Å². The normalized spacial score (nSPS) is 11.8. The smallest absolute Gasteiger partial charge is 0.261 e. The van der Waals surface area contributed by atoms with Crippen LogP contribution in [0, 0.1) is 0 Å². The number of para-hydroxylation sites is 1. The monoisotopic (exact) mass is 337 g/mol. The van der Waals surface area contributed by atoms with Gasteiger partial charge in [0.25, 0.3) is 5.91 Å². The summed E-state index contributed by atoms with van der Waals surface area (Å²) in [4.78, 5) is 12.2. The number of rotatable bonds is 6. The molecule has 0 bridgehead atoms. The Hall–Kier alpha value is -1.71. The minimum absolute atomic E-state index is 0.155. The Kier molecular flexibility index (Phi) is 6.10. The molecule has 0 saturated carbocycles. The summed E-state index contributed by atoms with van der Waals surface area (Å²) in [5, 5.41) is 3.82. The van der Waals surface area contributed by atoms with Crippen LogP contribution in [-0.4, -0.2) is 12.0 Å². The van der Waals surface area contributed by atoms with Gasteiger partial charge in [-0.15, -0.1) is 0 Å². The van der Waals surface area contributed by atoms with Crippen LogP contribution in [-0.2, 0) is 11.3 Å². The quantitative estimate of drug-likeness (QED) is 0.844. The van der Waals surface area contributed by atoms with E-state index in [1.165, 1.54) is 0 Å². The van der Waals surface area contributed by atoms with Crippen molar-refractivity contribution >= 4 is 29.1 Å². The molecule has 0 aliphatic carbocycles. The maximum atomic E-state index is 12.2. The predicted octanol–water partition coefficient (Wildman–Crippen LogP) is 4.47. The van der Waals surface area contributed by atoms with Gasteiger partial charge in [0.2, 0.25) is 0 Å². The van der Waals surface area contributed by atoms with Crippen molar-refractivity contribution in [1.29, 1.82) is 0 Å². The van der Waals surface area contributed by atoms with E-state index in [1.807, 2.05) is 43.3 Å². The van der Waals surface area contributed by atoms with Gasteiger partial charge < -0.3 is 10.1 Å². The average Bonchev–Trinajstić information content (AvgIpc) is 2.54. The zero-order valence-electron chi connectivity index (χ0n) is 12.2.